The zero-order valence-corrected chi connectivity index (χ0v) is 16.4. The third-order valence-electron chi connectivity index (χ3n) is 4.91. The van der Waals surface area contributed by atoms with Crippen LogP contribution in [0.15, 0.2) is 24.3 Å². The highest BCUT2D eigenvalue weighted by molar-refractivity contribution is 5.78. The number of carbonyl (C=O) groups excluding carboxylic acids is 1. The van der Waals surface area contributed by atoms with Gasteiger partial charge in [0.2, 0.25) is 5.91 Å². The number of para-hydroxylation sites is 1. The van der Waals surface area contributed by atoms with Gasteiger partial charge in [-0.25, -0.2) is 0 Å². The molecule has 1 saturated heterocycles. The predicted octanol–water partition coefficient (Wildman–Crippen LogP) is 3.01. The van der Waals surface area contributed by atoms with E-state index in [4.69, 9.17) is 0 Å². The highest BCUT2D eigenvalue weighted by Gasteiger charge is 2.19. The fraction of sp³-hybridized carbons (Fsp3) is 0.619. The minimum absolute atomic E-state index is 0.118. The number of rotatable bonds is 7. The molecule has 1 heterocycles. The molecule has 1 atom stereocenters. The van der Waals surface area contributed by atoms with Crippen LogP contribution in [0.1, 0.15) is 45.6 Å². The third kappa shape index (κ3) is 6.34. The number of hydrogen-bond donors (Lipinski definition) is 1. The van der Waals surface area contributed by atoms with E-state index in [-0.39, 0.29) is 11.9 Å². The molecule has 1 aliphatic rings. The summed E-state index contributed by atoms with van der Waals surface area (Å²) in [6.45, 7) is 10.5. The molecule has 1 aliphatic heterocycles. The summed E-state index contributed by atoms with van der Waals surface area (Å²) < 4.78 is 0. The Morgan fingerprint density at radius 1 is 1.15 bits per heavy atom. The van der Waals surface area contributed by atoms with Crippen LogP contribution < -0.4 is 10.2 Å². The van der Waals surface area contributed by atoms with Crippen LogP contribution in [0.5, 0.6) is 0 Å². The van der Waals surface area contributed by atoms with Crippen molar-refractivity contribution in [2.45, 2.75) is 46.1 Å². The summed E-state index contributed by atoms with van der Waals surface area (Å²) in [5, 5.41) is 12.4. The fourth-order valence-electron chi connectivity index (χ4n) is 3.39. The first-order valence-corrected chi connectivity index (χ1v) is 9.75. The van der Waals surface area contributed by atoms with Crippen molar-refractivity contribution in [3.8, 4) is 6.07 Å². The summed E-state index contributed by atoms with van der Waals surface area (Å²) in [5.74, 6) is 0.786. The summed E-state index contributed by atoms with van der Waals surface area (Å²) in [4.78, 5) is 16.8. The number of amides is 1. The molecular formula is C21H32N4O. The van der Waals surface area contributed by atoms with Crippen molar-refractivity contribution in [3.63, 3.8) is 0 Å². The normalized spacial score (nSPS) is 16.8. The van der Waals surface area contributed by atoms with E-state index in [1.807, 2.05) is 24.3 Å². The largest absolute Gasteiger partial charge is 0.369 e. The summed E-state index contributed by atoms with van der Waals surface area (Å²) in [5.41, 5.74) is 1.72. The highest BCUT2D eigenvalue weighted by atomic mass is 16.2. The van der Waals surface area contributed by atoms with Gasteiger partial charge in [-0.05, 0) is 44.2 Å². The van der Waals surface area contributed by atoms with Crippen molar-refractivity contribution in [2.75, 3.05) is 37.6 Å². The number of hydrogen-bond acceptors (Lipinski definition) is 4. The Bertz CT molecular complexity index is 623. The maximum Gasteiger partial charge on any atom is 0.234 e. The van der Waals surface area contributed by atoms with Crippen molar-refractivity contribution in [1.82, 2.24) is 10.2 Å². The van der Waals surface area contributed by atoms with Crippen LogP contribution in [0.25, 0.3) is 0 Å². The zero-order chi connectivity index (χ0) is 18.9. The maximum absolute atomic E-state index is 12.3. The van der Waals surface area contributed by atoms with Gasteiger partial charge in [-0.3, -0.25) is 9.69 Å². The lowest BCUT2D eigenvalue weighted by Gasteiger charge is -2.24. The van der Waals surface area contributed by atoms with E-state index in [9.17, 15) is 10.1 Å². The molecule has 142 valence electrons. The van der Waals surface area contributed by atoms with E-state index in [1.54, 1.807) is 0 Å². The van der Waals surface area contributed by atoms with Crippen LogP contribution in [0, 0.1) is 17.2 Å². The number of carbonyl (C=O) groups is 1. The van der Waals surface area contributed by atoms with Gasteiger partial charge in [0.05, 0.1) is 17.8 Å². The quantitative estimate of drug-likeness (QED) is 0.816. The molecule has 1 amide bonds. The second-order valence-electron chi connectivity index (χ2n) is 7.69. The zero-order valence-electron chi connectivity index (χ0n) is 16.4. The number of nitriles is 1. The van der Waals surface area contributed by atoms with E-state index in [0.717, 1.165) is 56.7 Å². The lowest BCUT2D eigenvalue weighted by atomic mass is 10.0. The number of nitrogens with zero attached hydrogens (tertiary/aromatic N) is 3. The van der Waals surface area contributed by atoms with Gasteiger partial charge in [0.1, 0.15) is 6.07 Å². The molecule has 26 heavy (non-hydrogen) atoms. The Labute approximate surface area is 158 Å². The summed E-state index contributed by atoms with van der Waals surface area (Å²) in [6.07, 6.45) is 3.16. The van der Waals surface area contributed by atoms with E-state index in [0.29, 0.717) is 12.5 Å². The molecule has 5 nitrogen and oxygen atoms in total. The van der Waals surface area contributed by atoms with Crippen molar-refractivity contribution in [1.29, 1.82) is 5.26 Å². The van der Waals surface area contributed by atoms with Crippen LogP contribution in [-0.2, 0) is 4.79 Å². The predicted molar refractivity (Wildman–Crippen MR) is 106 cm³/mol. The lowest BCUT2D eigenvalue weighted by molar-refractivity contribution is -0.122. The van der Waals surface area contributed by atoms with Crippen LogP contribution in [-0.4, -0.2) is 49.6 Å². The molecule has 2 rings (SSSR count). The van der Waals surface area contributed by atoms with E-state index in [1.165, 1.54) is 0 Å². The molecule has 1 aromatic carbocycles. The molecule has 0 aliphatic carbocycles. The number of benzene rings is 1. The Morgan fingerprint density at radius 3 is 2.65 bits per heavy atom. The number of anilines is 1. The molecule has 0 unspecified atom stereocenters. The first kappa shape index (κ1) is 20.3. The van der Waals surface area contributed by atoms with E-state index in [2.05, 4.69) is 42.0 Å². The first-order chi connectivity index (χ1) is 12.5. The van der Waals surface area contributed by atoms with Crippen molar-refractivity contribution in [3.05, 3.63) is 29.8 Å². The molecule has 0 saturated carbocycles. The highest BCUT2D eigenvalue weighted by Crippen LogP contribution is 2.21. The number of nitrogens with one attached hydrogen (secondary N) is 1. The fourth-order valence-corrected chi connectivity index (χ4v) is 3.39. The Kier molecular flexibility index (Phi) is 7.93. The summed E-state index contributed by atoms with van der Waals surface area (Å²) >= 11 is 0. The lowest BCUT2D eigenvalue weighted by Crippen LogP contribution is -2.42. The minimum atomic E-state index is 0.118. The Balaban J connectivity index is 1.83. The molecule has 0 bridgehead atoms. The average molecular weight is 357 g/mol. The smallest absolute Gasteiger partial charge is 0.234 e. The van der Waals surface area contributed by atoms with Crippen LogP contribution in [0.2, 0.25) is 0 Å². The Morgan fingerprint density at radius 2 is 1.92 bits per heavy atom. The second-order valence-corrected chi connectivity index (χ2v) is 7.69. The van der Waals surface area contributed by atoms with Crippen molar-refractivity contribution < 1.29 is 4.79 Å². The molecule has 1 aromatic rings. The van der Waals surface area contributed by atoms with Crippen LogP contribution in [0.4, 0.5) is 5.69 Å². The molecule has 1 N–H and O–H groups in total. The Hall–Kier alpha value is -2.06. The molecule has 0 spiro atoms. The molecule has 1 fully saturated rings. The van der Waals surface area contributed by atoms with Gasteiger partial charge in [0.25, 0.3) is 0 Å². The molecule has 0 aromatic heterocycles. The summed E-state index contributed by atoms with van der Waals surface area (Å²) in [7, 11) is 0. The van der Waals surface area contributed by atoms with Gasteiger partial charge < -0.3 is 10.2 Å². The van der Waals surface area contributed by atoms with Crippen LogP contribution in [0.3, 0.4) is 0 Å². The monoisotopic (exact) mass is 356 g/mol. The standard InChI is InChI=1S/C21H32N4O/c1-17(2)9-10-18(3)23-21(26)16-24-11-6-12-25(14-13-24)20-8-5-4-7-19(20)15-22/h4-5,7-8,17-18H,6,9-14,16H2,1-3H3,(H,23,26)/t18-/m0/s1. The average Bonchev–Trinajstić information content (AvgIpc) is 2.85. The third-order valence-corrected chi connectivity index (χ3v) is 4.91. The van der Waals surface area contributed by atoms with Gasteiger partial charge in [-0.2, -0.15) is 5.26 Å². The molecule has 0 radical (unpaired) electrons. The topological polar surface area (TPSA) is 59.4 Å². The van der Waals surface area contributed by atoms with Crippen LogP contribution >= 0.6 is 0 Å². The van der Waals surface area contributed by atoms with Gasteiger partial charge in [-0.1, -0.05) is 26.0 Å². The van der Waals surface area contributed by atoms with Gasteiger partial charge in [-0.15, -0.1) is 0 Å². The molecule has 5 heteroatoms. The first-order valence-electron chi connectivity index (χ1n) is 9.75. The summed E-state index contributed by atoms with van der Waals surface area (Å²) in [6, 6.07) is 10.3. The molecular weight excluding hydrogens is 324 g/mol. The van der Waals surface area contributed by atoms with E-state index >= 15 is 0 Å². The van der Waals surface area contributed by atoms with Crippen molar-refractivity contribution in [2.24, 2.45) is 5.92 Å². The van der Waals surface area contributed by atoms with Gasteiger partial charge >= 0.3 is 0 Å². The van der Waals surface area contributed by atoms with Gasteiger partial charge in [0, 0.05) is 32.2 Å². The maximum atomic E-state index is 12.3. The SMILES string of the molecule is CC(C)CC[C@H](C)NC(=O)CN1CCCN(c2ccccc2C#N)CC1. The van der Waals surface area contributed by atoms with Gasteiger partial charge in [0.15, 0.2) is 0 Å². The van der Waals surface area contributed by atoms with Crippen molar-refractivity contribution >= 4 is 11.6 Å². The second kappa shape index (κ2) is 10.2. The minimum Gasteiger partial charge on any atom is -0.369 e. The van der Waals surface area contributed by atoms with E-state index < -0.39 is 0 Å².